The number of aldehydes is 1. The highest BCUT2D eigenvalue weighted by Gasteiger charge is 2.11. The van der Waals surface area contributed by atoms with E-state index in [-0.39, 0.29) is 0 Å². The summed E-state index contributed by atoms with van der Waals surface area (Å²) in [6.07, 6.45) is 2.90. The predicted molar refractivity (Wildman–Crippen MR) is 75.6 cm³/mol. The summed E-state index contributed by atoms with van der Waals surface area (Å²) in [5.41, 5.74) is 0.732. The maximum absolute atomic E-state index is 10.3. The quantitative estimate of drug-likeness (QED) is 0.476. The molecule has 0 saturated heterocycles. The molecular formula is C12H9ClINO2. The summed E-state index contributed by atoms with van der Waals surface area (Å²) < 4.78 is 6.48. The van der Waals surface area contributed by atoms with Gasteiger partial charge in [-0.3, -0.25) is 4.98 Å². The van der Waals surface area contributed by atoms with Gasteiger partial charge in [-0.1, -0.05) is 11.6 Å². The number of hydrogen-bond donors (Lipinski definition) is 0. The lowest BCUT2D eigenvalue weighted by atomic mass is 10.2. The van der Waals surface area contributed by atoms with Gasteiger partial charge >= 0.3 is 0 Å². The van der Waals surface area contributed by atoms with Crippen LogP contribution in [0.5, 0.6) is 5.75 Å². The monoisotopic (exact) mass is 361 g/mol. The Kier molecular flexibility index (Phi) is 4.17. The standard InChI is InChI=1S/C12H9ClINO2/c13-9-7-10(14)12(17-6-2-5-16)11-8(9)3-1-4-15-11/h1,3-5,7H,2,6H2. The van der Waals surface area contributed by atoms with E-state index in [4.69, 9.17) is 16.3 Å². The van der Waals surface area contributed by atoms with Crippen LogP contribution >= 0.6 is 34.2 Å². The minimum atomic E-state index is 0.354. The Bertz CT molecular complexity index is 559. The highest BCUT2D eigenvalue weighted by atomic mass is 127. The van der Waals surface area contributed by atoms with Gasteiger partial charge in [-0.05, 0) is 40.8 Å². The molecular weight excluding hydrogens is 352 g/mol. The van der Waals surface area contributed by atoms with Crippen LogP contribution < -0.4 is 4.74 Å². The van der Waals surface area contributed by atoms with Crippen LogP contribution in [-0.2, 0) is 4.79 Å². The molecule has 0 aliphatic heterocycles. The van der Waals surface area contributed by atoms with E-state index in [2.05, 4.69) is 27.6 Å². The van der Waals surface area contributed by atoms with Gasteiger partial charge in [0.2, 0.25) is 0 Å². The smallest absolute Gasteiger partial charge is 0.158 e. The first-order valence-corrected chi connectivity index (χ1v) is 6.49. The van der Waals surface area contributed by atoms with Gasteiger partial charge in [-0.2, -0.15) is 0 Å². The molecule has 2 aromatic rings. The summed E-state index contributed by atoms with van der Waals surface area (Å²) in [4.78, 5) is 14.6. The van der Waals surface area contributed by atoms with E-state index in [9.17, 15) is 4.79 Å². The Morgan fingerprint density at radius 1 is 1.53 bits per heavy atom. The van der Waals surface area contributed by atoms with Crippen molar-refractivity contribution in [3.05, 3.63) is 33.0 Å². The molecule has 0 saturated carbocycles. The first-order valence-electron chi connectivity index (χ1n) is 5.03. The van der Waals surface area contributed by atoms with Crippen molar-refractivity contribution in [3.63, 3.8) is 0 Å². The SMILES string of the molecule is O=CCCOc1c(I)cc(Cl)c2cccnc12. The number of carbonyl (C=O) groups is 1. The van der Waals surface area contributed by atoms with Crippen molar-refractivity contribution in [3.8, 4) is 5.75 Å². The zero-order valence-electron chi connectivity index (χ0n) is 8.82. The molecule has 0 unspecified atom stereocenters. The van der Waals surface area contributed by atoms with Gasteiger partial charge in [0, 0.05) is 18.0 Å². The Balaban J connectivity index is 2.49. The molecule has 0 aliphatic rings. The van der Waals surface area contributed by atoms with Crippen LogP contribution in [0.15, 0.2) is 24.4 Å². The van der Waals surface area contributed by atoms with Crippen molar-refractivity contribution in [2.24, 2.45) is 0 Å². The summed E-state index contributed by atoms with van der Waals surface area (Å²) in [6.45, 7) is 0.354. The van der Waals surface area contributed by atoms with E-state index >= 15 is 0 Å². The van der Waals surface area contributed by atoms with Crippen LogP contribution in [0.1, 0.15) is 6.42 Å². The lowest BCUT2D eigenvalue weighted by Gasteiger charge is -2.10. The molecule has 3 nitrogen and oxygen atoms in total. The normalized spacial score (nSPS) is 10.5. The molecule has 2 rings (SSSR count). The summed E-state index contributed by atoms with van der Waals surface area (Å²) in [5, 5.41) is 1.51. The number of rotatable bonds is 4. The number of nitrogens with zero attached hydrogens (tertiary/aromatic N) is 1. The zero-order valence-corrected chi connectivity index (χ0v) is 11.7. The zero-order chi connectivity index (χ0) is 12.3. The fourth-order valence-corrected chi connectivity index (χ4v) is 2.66. The van der Waals surface area contributed by atoms with Crippen molar-refractivity contribution in [1.82, 2.24) is 4.98 Å². The van der Waals surface area contributed by atoms with E-state index in [0.717, 1.165) is 20.8 Å². The second-order valence-electron chi connectivity index (χ2n) is 3.37. The molecule has 0 bridgehead atoms. The number of fused-ring (bicyclic) bond motifs is 1. The number of pyridine rings is 1. The molecule has 88 valence electrons. The lowest BCUT2D eigenvalue weighted by Crippen LogP contribution is -2.01. The van der Waals surface area contributed by atoms with Crippen molar-refractivity contribution in [2.75, 3.05) is 6.61 Å². The molecule has 0 aliphatic carbocycles. The Hall–Kier alpha value is -0.880. The molecule has 0 N–H and O–H groups in total. The third kappa shape index (κ3) is 2.69. The topological polar surface area (TPSA) is 39.2 Å². The number of carbonyl (C=O) groups excluding carboxylic acids is 1. The Morgan fingerprint density at radius 2 is 2.35 bits per heavy atom. The van der Waals surface area contributed by atoms with Crippen LogP contribution in [0.4, 0.5) is 0 Å². The van der Waals surface area contributed by atoms with E-state index in [1.54, 1.807) is 6.20 Å². The Labute approximate surface area is 117 Å². The third-order valence-corrected chi connectivity index (χ3v) is 3.35. The largest absolute Gasteiger partial charge is 0.490 e. The molecule has 0 atom stereocenters. The number of benzene rings is 1. The van der Waals surface area contributed by atoms with Gasteiger partial charge in [-0.25, -0.2) is 0 Å². The van der Waals surface area contributed by atoms with Gasteiger partial charge in [-0.15, -0.1) is 0 Å². The first kappa shape index (κ1) is 12.6. The van der Waals surface area contributed by atoms with Crippen LogP contribution in [0.2, 0.25) is 5.02 Å². The predicted octanol–water partition coefficient (Wildman–Crippen LogP) is 3.46. The minimum absolute atomic E-state index is 0.354. The van der Waals surface area contributed by atoms with E-state index in [0.29, 0.717) is 23.8 Å². The fraction of sp³-hybridized carbons (Fsp3) is 0.167. The molecule has 5 heteroatoms. The number of ether oxygens (including phenoxy) is 1. The van der Waals surface area contributed by atoms with Crippen molar-refractivity contribution < 1.29 is 9.53 Å². The highest BCUT2D eigenvalue weighted by Crippen LogP contribution is 2.34. The van der Waals surface area contributed by atoms with Crippen LogP contribution in [0.25, 0.3) is 10.9 Å². The highest BCUT2D eigenvalue weighted by molar-refractivity contribution is 14.1. The molecule has 1 aromatic heterocycles. The van der Waals surface area contributed by atoms with Crippen LogP contribution in [0, 0.1) is 3.57 Å². The van der Waals surface area contributed by atoms with Gasteiger partial charge < -0.3 is 9.53 Å². The fourth-order valence-electron chi connectivity index (χ4n) is 1.49. The Morgan fingerprint density at radius 3 is 3.12 bits per heavy atom. The summed E-state index contributed by atoms with van der Waals surface area (Å²) in [7, 11) is 0. The summed E-state index contributed by atoms with van der Waals surface area (Å²) in [6, 6.07) is 5.56. The van der Waals surface area contributed by atoms with Crippen molar-refractivity contribution >= 4 is 51.4 Å². The summed E-state index contributed by atoms with van der Waals surface area (Å²) in [5.74, 6) is 0.687. The summed E-state index contributed by atoms with van der Waals surface area (Å²) >= 11 is 8.29. The van der Waals surface area contributed by atoms with Gasteiger partial charge in [0.15, 0.2) is 5.75 Å². The average molecular weight is 362 g/mol. The molecule has 1 heterocycles. The van der Waals surface area contributed by atoms with E-state index in [1.165, 1.54) is 0 Å². The minimum Gasteiger partial charge on any atom is -0.490 e. The number of aromatic nitrogens is 1. The average Bonchev–Trinajstić information content (AvgIpc) is 2.33. The second-order valence-corrected chi connectivity index (χ2v) is 4.94. The first-order chi connectivity index (χ1) is 8.24. The molecule has 17 heavy (non-hydrogen) atoms. The molecule has 0 amide bonds. The lowest BCUT2D eigenvalue weighted by molar-refractivity contribution is -0.108. The van der Waals surface area contributed by atoms with E-state index < -0.39 is 0 Å². The van der Waals surface area contributed by atoms with E-state index in [1.807, 2.05) is 18.2 Å². The number of hydrogen-bond acceptors (Lipinski definition) is 3. The third-order valence-electron chi connectivity index (χ3n) is 2.23. The van der Waals surface area contributed by atoms with Gasteiger partial charge in [0.25, 0.3) is 0 Å². The molecule has 0 spiro atoms. The molecule has 1 aromatic carbocycles. The van der Waals surface area contributed by atoms with Crippen molar-refractivity contribution in [2.45, 2.75) is 6.42 Å². The van der Waals surface area contributed by atoms with Gasteiger partial charge in [0.1, 0.15) is 11.8 Å². The number of halogens is 2. The molecule has 0 fully saturated rings. The maximum Gasteiger partial charge on any atom is 0.158 e. The van der Waals surface area contributed by atoms with Gasteiger partial charge in [0.05, 0.1) is 15.2 Å². The van der Waals surface area contributed by atoms with Crippen molar-refractivity contribution in [1.29, 1.82) is 0 Å². The molecule has 0 radical (unpaired) electrons. The van der Waals surface area contributed by atoms with Crippen LogP contribution in [0.3, 0.4) is 0 Å². The second kappa shape index (κ2) is 5.64. The maximum atomic E-state index is 10.3. The van der Waals surface area contributed by atoms with Crippen LogP contribution in [-0.4, -0.2) is 17.9 Å².